The summed E-state index contributed by atoms with van der Waals surface area (Å²) in [6.07, 6.45) is 4.59. The Morgan fingerprint density at radius 2 is 2.05 bits per heavy atom. The number of ether oxygens (including phenoxy) is 2. The molecule has 1 saturated carbocycles. The zero-order valence-corrected chi connectivity index (χ0v) is 12.4. The van der Waals surface area contributed by atoms with E-state index in [1.165, 1.54) is 0 Å². The number of anilines is 1. The molecule has 1 aliphatic carbocycles. The van der Waals surface area contributed by atoms with Gasteiger partial charge in [0.15, 0.2) is 0 Å². The van der Waals surface area contributed by atoms with Crippen molar-refractivity contribution in [1.29, 1.82) is 0 Å². The average Bonchev–Trinajstić information content (AvgIpc) is 2.47. The maximum atomic E-state index is 5.99. The van der Waals surface area contributed by atoms with Gasteiger partial charge in [0.2, 0.25) is 5.88 Å². The summed E-state index contributed by atoms with van der Waals surface area (Å²) in [5, 5.41) is 0. The number of nitrogen functional groups attached to an aromatic ring is 1. The molecular weight excluding hydrogens is 256 g/mol. The van der Waals surface area contributed by atoms with E-state index in [0.717, 1.165) is 31.5 Å². The quantitative estimate of drug-likeness (QED) is 0.635. The van der Waals surface area contributed by atoms with Crippen molar-refractivity contribution in [3.05, 3.63) is 11.9 Å². The molecule has 6 heteroatoms. The van der Waals surface area contributed by atoms with Crippen LogP contribution in [0.25, 0.3) is 0 Å². The number of methoxy groups -OCH3 is 1. The summed E-state index contributed by atoms with van der Waals surface area (Å²) in [5.41, 5.74) is 2.56. The average molecular weight is 280 g/mol. The van der Waals surface area contributed by atoms with Gasteiger partial charge in [-0.1, -0.05) is 13.8 Å². The zero-order chi connectivity index (χ0) is 14.5. The van der Waals surface area contributed by atoms with E-state index < -0.39 is 0 Å². The lowest BCUT2D eigenvalue weighted by atomic mass is 9.95. The van der Waals surface area contributed by atoms with Gasteiger partial charge in [-0.15, -0.1) is 0 Å². The number of nitrogens with one attached hydrogen (secondary N) is 1. The molecule has 1 aromatic rings. The largest absolute Gasteiger partial charge is 0.474 e. The molecular formula is C14H24N4O2. The van der Waals surface area contributed by atoms with Crippen molar-refractivity contribution < 1.29 is 9.47 Å². The Morgan fingerprint density at radius 3 is 2.70 bits per heavy atom. The van der Waals surface area contributed by atoms with E-state index in [0.29, 0.717) is 11.7 Å². The first-order valence-electron chi connectivity index (χ1n) is 7.17. The highest BCUT2D eigenvalue weighted by atomic mass is 16.5. The molecule has 0 bridgehead atoms. The van der Waals surface area contributed by atoms with Crippen LogP contribution in [0, 0.1) is 0 Å². The fraction of sp³-hybridized carbons (Fsp3) is 0.714. The summed E-state index contributed by atoms with van der Waals surface area (Å²) >= 11 is 0. The summed E-state index contributed by atoms with van der Waals surface area (Å²) in [5.74, 6) is 7.57. The van der Waals surface area contributed by atoms with Crippen LogP contribution >= 0.6 is 0 Å². The Labute approximate surface area is 120 Å². The molecule has 0 aromatic carbocycles. The highest BCUT2D eigenvalue weighted by Crippen LogP contribution is 2.26. The van der Waals surface area contributed by atoms with E-state index in [9.17, 15) is 0 Å². The molecule has 20 heavy (non-hydrogen) atoms. The van der Waals surface area contributed by atoms with Gasteiger partial charge in [-0.3, -0.25) is 0 Å². The van der Waals surface area contributed by atoms with E-state index >= 15 is 0 Å². The highest BCUT2D eigenvalue weighted by molar-refractivity contribution is 5.37. The van der Waals surface area contributed by atoms with Crippen molar-refractivity contribution in [2.24, 2.45) is 5.84 Å². The molecule has 0 aliphatic heterocycles. The van der Waals surface area contributed by atoms with Gasteiger partial charge in [0.25, 0.3) is 0 Å². The molecule has 1 heterocycles. The van der Waals surface area contributed by atoms with Crippen molar-refractivity contribution in [2.75, 3.05) is 12.5 Å². The third-order valence-corrected chi connectivity index (χ3v) is 3.58. The van der Waals surface area contributed by atoms with Crippen LogP contribution in [0.4, 0.5) is 5.82 Å². The molecule has 112 valence electrons. The van der Waals surface area contributed by atoms with Crippen LogP contribution in [0.3, 0.4) is 0 Å². The Bertz CT molecular complexity index is 439. The number of nitrogens with zero attached hydrogens (tertiary/aromatic N) is 2. The van der Waals surface area contributed by atoms with Crippen molar-refractivity contribution >= 4 is 5.82 Å². The minimum atomic E-state index is 0.147. The molecule has 0 radical (unpaired) electrons. The van der Waals surface area contributed by atoms with E-state index in [-0.39, 0.29) is 18.1 Å². The Kier molecular flexibility index (Phi) is 5.14. The number of hydrogen-bond acceptors (Lipinski definition) is 6. The standard InChI is InChI=1S/C14H24N4O2/c1-9(2)14-16-12(18-15)8-13(17-14)20-11-6-4-5-10(7-11)19-3/h8-11H,4-7,15H2,1-3H3,(H,16,17,18). The molecule has 1 aromatic heterocycles. The molecule has 0 spiro atoms. The summed E-state index contributed by atoms with van der Waals surface area (Å²) in [4.78, 5) is 8.78. The summed E-state index contributed by atoms with van der Waals surface area (Å²) in [6.45, 7) is 4.09. The molecule has 6 nitrogen and oxygen atoms in total. The van der Waals surface area contributed by atoms with Gasteiger partial charge in [-0.25, -0.2) is 10.8 Å². The second kappa shape index (κ2) is 6.85. The molecule has 2 atom stereocenters. The van der Waals surface area contributed by atoms with Crippen LogP contribution in [0.2, 0.25) is 0 Å². The van der Waals surface area contributed by atoms with Gasteiger partial charge < -0.3 is 14.9 Å². The van der Waals surface area contributed by atoms with E-state index in [1.54, 1.807) is 13.2 Å². The first kappa shape index (κ1) is 15.0. The summed E-state index contributed by atoms with van der Waals surface area (Å²) in [6, 6.07) is 1.74. The minimum Gasteiger partial charge on any atom is -0.474 e. The van der Waals surface area contributed by atoms with Crippen LogP contribution in [0.5, 0.6) is 5.88 Å². The summed E-state index contributed by atoms with van der Waals surface area (Å²) in [7, 11) is 1.76. The maximum absolute atomic E-state index is 5.99. The second-order valence-corrected chi connectivity index (χ2v) is 5.51. The molecule has 2 rings (SSSR count). The topological polar surface area (TPSA) is 82.3 Å². The lowest BCUT2D eigenvalue weighted by molar-refractivity contribution is 0.0194. The van der Waals surface area contributed by atoms with Crippen LogP contribution in [-0.2, 0) is 4.74 Å². The molecule has 3 N–H and O–H groups in total. The molecule has 0 amide bonds. The highest BCUT2D eigenvalue weighted by Gasteiger charge is 2.23. The van der Waals surface area contributed by atoms with Crippen molar-refractivity contribution in [1.82, 2.24) is 9.97 Å². The molecule has 0 saturated heterocycles. The monoisotopic (exact) mass is 280 g/mol. The number of rotatable bonds is 5. The zero-order valence-electron chi connectivity index (χ0n) is 12.4. The summed E-state index contributed by atoms with van der Waals surface area (Å²) < 4.78 is 11.4. The first-order valence-corrected chi connectivity index (χ1v) is 7.17. The van der Waals surface area contributed by atoms with Gasteiger partial charge in [-0.2, -0.15) is 4.98 Å². The van der Waals surface area contributed by atoms with Crippen LogP contribution in [0.15, 0.2) is 6.07 Å². The van der Waals surface area contributed by atoms with Gasteiger partial charge >= 0.3 is 0 Å². The predicted molar refractivity (Wildman–Crippen MR) is 77.6 cm³/mol. The lowest BCUT2D eigenvalue weighted by Gasteiger charge is -2.28. The second-order valence-electron chi connectivity index (χ2n) is 5.51. The van der Waals surface area contributed by atoms with Gasteiger partial charge in [0.05, 0.1) is 6.10 Å². The van der Waals surface area contributed by atoms with E-state index in [2.05, 4.69) is 15.4 Å². The fourth-order valence-corrected chi connectivity index (χ4v) is 2.43. The predicted octanol–water partition coefficient (Wildman–Crippen LogP) is 2.22. The van der Waals surface area contributed by atoms with E-state index in [4.69, 9.17) is 15.3 Å². The van der Waals surface area contributed by atoms with Crippen LogP contribution in [-0.4, -0.2) is 29.3 Å². The number of hydrazine groups is 1. The SMILES string of the molecule is COC1CCCC(Oc2cc(NN)nc(C(C)C)n2)C1. The molecule has 1 fully saturated rings. The number of aromatic nitrogens is 2. The van der Waals surface area contributed by atoms with Gasteiger partial charge in [0.1, 0.15) is 17.7 Å². The maximum Gasteiger partial charge on any atom is 0.219 e. The van der Waals surface area contributed by atoms with Gasteiger partial charge in [0, 0.05) is 25.5 Å². The van der Waals surface area contributed by atoms with E-state index in [1.807, 2.05) is 13.8 Å². The third kappa shape index (κ3) is 3.80. The minimum absolute atomic E-state index is 0.147. The Morgan fingerprint density at radius 1 is 1.30 bits per heavy atom. The van der Waals surface area contributed by atoms with Crippen LogP contribution in [0.1, 0.15) is 51.3 Å². The number of nitrogens with two attached hydrogens (primary N) is 1. The van der Waals surface area contributed by atoms with Gasteiger partial charge in [-0.05, 0) is 19.3 Å². The first-order chi connectivity index (χ1) is 9.62. The fourth-order valence-electron chi connectivity index (χ4n) is 2.43. The Balaban J connectivity index is 2.09. The van der Waals surface area contributed by atoms with Crippen LogP contribution < -0.4 is 16.0 Å². The third-order valence-electron chi connectivity index (χ3n) is 3.58. The lowest BCUT2D eigenvalue weighted by Crippen LogP contribution is -2.30. The Hall–Kier alpha value is -1.40. The van der Waals surface area contributed by atoms with Crippen molar-refractivity contribution in [2.45, 2.75) is 57.7 Å². The molecule has 2 unspecified atom stereocenters. The normalized spacial score (nSPS) is 22.9. The van der Waals surface area contributed by atoms with Crippen molar-refractivity contribution in [3.63, 3.8) is 0 Å². The number of hydrogen-bond donors (Lipinski definition) is 2. The molecule has 1 aliphatic rings. The van der Waals surface area contributed by atoms with Crippen molar-refractivity contribution in [3.8, 4) is 5.88 Å². The smallest absolute Gasteiger partial charge is 0.219 e.